The van der Waals surface area contributed by atoms with E-state index in [0.717, 1.165) is 22.8 Å². The van der Waals surface area contributed by atoms with Gasteiger partial charge in [0.25, 0.3) is 11.9 Å². The van der Waals surface area contributed by atoms with Crippen molar-refractivity contribution in [1.29, 1.82) is 0 Å². The van der Waals surface area contributed by atoms with Gasteiger partial charge in [-0.25, -0.2) is 26.9 Å². The zero-order chi connectivity index (χ0) is 45.4. The molecule has 2 fully saturated rings. The Morgan fingerprint density at radius 3 is 1.42 bits per heavy atom. The molecule has 0 spiro atoms. The van der Waals surface area contributed by atoms with Gasteiger partial charge in [0.1, 0.15) is 28.6 Å². The molecule has 4 aromatic rings. The fourth-order valence-electron chi connectivity index (χ4n) is 6.76. The Morgan fingerprint density at radius 2 is 1.08 bits per heavy atom. The molecule has 16 nitrogen and oxygen atoms in total. The molecule has 0 aromatic carbocycles. The summed E-state index contributed by atoms with van der Waals surface area (Å²) in [5, 5.41) is 18.6. The van der Waals surface area contributed by atoms with Crippen LogP contribution in [-0.2, 0) is 9.59 Å². The molecule has 0 unspecified atom stereocenters. The topological polar surface area (TPSA) is 235 Å². The number of alkyl halides is 4. The van der Waals surface area contributed by atoms with E-state index in [1.54, 1.807) is 21.5 Å². The number of anilines is 3. The smallest absolute Gasteiger partial charge is 0.254 e. The van der Waals surface area contributed by atoms with Crippen molar-refractivity contribution in [1.82, 2.24) is 39.5 Å². The van der Waals surface area contributed by atoms with Crippen LogP contribution in [0.3, 0.4) is 0 Å². The Hall–Kier alpha value is -4.82. The zero-order valence-corrected chi connectivity index (χ0v) is 37.9. The van der Waals surface area contributed by atoms with Gasteiger partial charge in [-0.2, -0.15) is 30.1 Å². The lowest BCUT2D eigenvalue weighted by atomic mass is 9.92. The number of nitrogens with one attached hydrogen (secondary N) is 3. The monoisotopic (exact) mass is 914 g/mol. The van der Waals surface area contributed by atoms with Crippen LogP contribution in [0.15, 0.2) is 24.3 Å². The summed E-state index contributed by atoms with van der Waals surface area (Å²) in [6.45, 7) is 15.0. The Morgan fingerprint density at radius 1 is 0.677 bits per heavy atom. The lowest BCUT2D eigenvalue weighted by Gasteiger charge is -2.29. The van der Waals surface area contributed by atoms with Gasteiger partial charge < -0.3 is 33.2 Å². The van der Waals surface area contributed by atoms with Gasteiger partial charge in [0.05, 0.1) is 17.4 Å². The number of carbonyl (C=O) groups excluding carboxylic acids is 2. The van der Waals surface area contributed by atoms with Crippen molar-refractivity contribution in [3.8, 4) is 11.9 Å². The Bertz CT molecular complexity index is 2100. The highest BCUT2D eigenvalue weighted by molar-refractivity contribution is 6.29. The van der Waals surface area contributed by atoms with Gasteiger partial charge >= 0.3 is 0 Å². The van der Waals surface area contributed by atoms with Crippen molar-refractivity contribution < 1.29 is 27.2 Å². The number of nitrogens with two attached hydrogens (primary N) is 3. The predicted octanol–water partition coefficient (Wildman–Crippen LogP) is 6.99. The zero-order valence-electron chi connectivity index (χ0n) is 36.4. The van der Waals surface area contributed by atoms with Crippen LogP contribution in [0.5, 0.6) is 0 Å². The lowest BCUT2D eigenvalue weighted by Crippen LogP contribution is -2.40. The van der Waals surface area contributed by atoms with Crippen molar-refractivity contribution in [2.45, 2.75) is 143 Å². The molecule has 2 saturated carbocycles. The summed E-state index contributed by atoms with van der Waals surface area (Å²) >= 11 is 6.07. The average molecular weight is 916 g/mol. The summed E-state index contributed by atoms with van der Waals surface area (Å²) in [5.74, 6) is -3.85. The third-order valence-corrected chi connectivity index (χ3v) is 10.5. The van der Waals surface area contributed by atoms with Crippen LogP contribution in [0.1, 0.15) is 102 Å². The molecule has 2 aliphatic rings. The second-order valence-corrected chi connectivity index (χ2v) is 16.9. The Labute approximate surface area is 370 Å². The normalized spacial score (nSPS) is 17.1. The van der Waals surface area contributed by atoms with E-state index >= 15 is 0 Å². The third-order valence-electron chi connectivity index (χ3n) is 10.3. The van der Waals surface area contributed by atoms with Gasteiger partial charge in [-0.3, -0.25) is 9.59 Å². The fourth-order valence-corrected chi connectivity index (χ4v) is 6.93. The van der Waals surface area contributed by atoms with Crippen molar-refractivity contribution >= 4 is 53.3 Å². The summed E-state index contributed by atoms with van der Waals surface area (Å²) < 4.78 is 56.7. The molecule has 2 aliphatic carbocycles. The number of amides is 2. The molecular formula is C40H60Cl2F4N14O2. The first-order chi connectivity index (χ1) is 28.4. The quantitative estimate of drug-likeness (QED) is 0.0623. The minimum atomic E-state index is -2.60. The highest BCUT2D eigenvalue weighted by Crippen LogP contribution is 2.35. The van der Waals surface area contributed by atoms with Crippen LogP contribution in [0, 0.1) is 39.5 Å². The lowest BCUT2D eigenvalue weighted by molar-refractivity contribution is -0.120. The van der Waals surface area contributed by atoms with Crippen LogP contribution in [0.4, 0.5) is 35.0 Å². The van der Waals surface area contributed by atoms with Crippen LogP contribution >= 0.6 is 24.0 Å². The highest BCUT2D eigenvalue weighted by atomic mass is 35.5. The number of aromatic nitrogens is 8. The maximum absolute atomic E-state index is 13.5. The molecule has 2 amide bonds. The maximum atomic E-state index is 13.5. The van der Waals surface area contributed by atoms with Crippen LogP contribution in [0.25, 0.3) is 11.9 Å². The second kappa shape index (κ2) is 22.0. The molecule has 22 heteroatoms. The number of rotatable bonds is 12. The SMILES string of the molecule is CC(C)[C@H](N)C(N)=O.Cc1cc(C)n(-c2nc(Cl)cc(NC3CCC(F)(F)CC3)n2)n1.Cc1cc(C)n(-c2nc(NC3CCC(F)(F)CC3)cc(N[C@H](C(N)=O)C(C)C)n2)n1.Cl. The van der Waals surface area contributed by atoms with Crippen LogP contribution in [0.2, 0.25) is 5.15 Å². The molecule has 0 saturated heterocycles. The van der Waals surface area contributed by atoms with Gasteiger partial charge in [-0.1, -0.05) is 39.3 Å². The molecule has 0 radical (unpaired) electrons. The minimum absolute atomic E-state index is 0. The maximum Gasteiger partial charge on any atom is 0.254 e. The molecular weight excluding hydrogens is 855 g/mol. The molecule has 4 heterocycles. The minimum Gasteiger partial charge on any atom is -0.368 e. The molecule has 2 atom stereocenters. The van der Waals surface area contributed by atoms with Crippen LogP contribution in [-0.4, -0.2) is 87.3 Å². The van der Waals surface area contributed by atoms with Crippen LogP contribution < -0.4 is 33.2 Å². The first kappa shape index (κ1) is 51.5. The van der Waals surface area contributed by atoms with Crippen molar-refractivity contribution in [3.63, 3.8) is 0 Å². The van der Waals surface area contributed by atoms with Gasteiger partial charge in [0.2, 0.25) is 23.7 Å². The average Bonchev–Trinajstić information content (AvgIpc) is 3.69. The largest absolute Gasteiger partial charge is 0.368 e. The van der Waals surface area contributed by atoms with Crippen molar-refractivity contribution in [2.24, 2.45) is 29.0 Å². The van der Waals surface area contributed by atoms with Gasteiger partial charge in [-0.05, 0) is 77.3 Å². The van der Waals surface area contributed by atoms with E-state index in [4.69, 9.17) is 28.8 Å². The molecule has 9 N–H and O–H groups in total. The summed E-state index contributed by atoms with van der Waals surface area (Å²) in [5.41, 5.74) is 19.1. The van der Waals surface area contributed by atoms with Crippen molar-refractivity contribution in [2.75, 3.05) is 16.0 Å². The molecule has 0 bridgehead atoms. The number of hydrogen-bond donors (Lipinski definition) is 6. The first-order valence-corrected chi connectivity index (χ1v) is 20.7. The highest BCUT2D eigenvalue weighted by Gasteiger charge is 2.36. The van der Waals surface area contributed by atoms with Gasteiger partial charge in [-0.15, -0.1) is 12.4 Å². The van der Waals surface area contributed by atoms with E-state index < -0.39 is 35.7 Å². The number of aryl methyl sites for hydroxylation is 4. The second-order valence-electron chi connectivity index (χ2n) is 16.5. The molecule has 0 aliphatic heterocycles. The number of carbonyl (C=O) groups is 2. The summed E-state index contributed by atoms with van der Waals surface area (Å²) in [6.07, 6.45) is 1.01. The Kier molecular flexibility index (Phi) is 18.3. The van der Waals surface area contributed by atoms with Gasteiger partial charge in [0.15, 0.2) is 0 Å². The van der Waals surface area contributed by atoms with E-state index in [1.165, 1.54) is 0 Å². The number of primary amides is 2. The van der Waals surface area contributed by atoms with E-state index in [2.05, 4.69) is 46.1 Å². The molecule has 6 rings (SSSR count). The van der Waals surface area contributed by atoms with E-state index in [0.29, 0.717) is 55.0 Å². The summed E-state index contributed by atoms with van der Waals surface area (Å²) in [7, 11) is 0. The fraction of sp³-hybridized carbons (Fsp3) is 0.600. The molecule has 344 valence electrons. The molecule has 4 aromatic heterocycles. The Balaban J connectivity index is 0.000000283. The third kappa shape index (κ3) is 15.2. The molecule has 62 heavy (non-hydrogen) atoms. The number of halogens is 6. The summed E-state index contributed by atoms with van der Waals surface area (Å²) in [4.78, 5) is 39.7. The van der Waals surface area contributed by atoms with E-state index in [9.17, 15) is 27.2 Å². The van der Waals surface area contributed by atoms with E-state index in [1.807, 2.05) is 67.5 Å². The first-order valence-electron chi connectivity index (χ1n) is 20.3. The standard InChI is InChI=1S/C20H29F2N7O.C15H18ClF2N5.C5H12N2O.ClH/c1-11(2)17(18(23)30)25-16-10-15(24-14-5-7-20(21,22)8-6-14)26-19(27-16)29-13(4)9-12(3)28-29;1-9-7-10(2)23(22-9)14-20-12(16)8-13(21-14)19-11-3-5-15(17,18)6-4-11;1-3(2)4(6)5(7)8;/h9-11,14,17H,5-8H2,1-4H3,(H2,23,30)(H2,24,25,26,27);7-8,11H,3-6H2,1-2H3,(H,19,20,21);3-4H,6H2,1-2H3,(H2,7,8);1H/t17-;;4-;/m0.0./s1. The van der Waals surface area contributed by atoms with E-state index in [-0.39, 0.29) is 67.2 Å². The predicted molar refractivity (Wildman–Crippen MR) is 235 cm³/mol. The number of nitrogens with zero attached hydrogens (tertiary/aromatic N) is 8. The van der Waals surface area contributed by atoms with Crippen molar-refractivity contribution in [3.05, 3.63) is 52.2 Å². The summed E-state index contributed by atoms with van der Waals surface area (Å²) in [6, 6.07) is 5.83. The van der Waals surface area contributed by atoms with Gasteiger partial charge in [0, 0.05) is 61.3 Å². The number of hydrogen-bond acceptors (Lipinski definition) is 12.